The molecule has 3 heteroatoms. The zero-order chi connectivity index (χ0) is 8.27. The number of carbonyl (C=O) groups is 1. The van der Waals surface area contributed by atoms with E-state index in [1.165, 1.54) is 6.26 Å². The topological polar surface area (TPSA) is 33.5 Å². The number of aldehydes is 1. The molecule has 0 aliphatic carbocycles. The molecule has 0 radical (unpaired) electrons. The maximum atomic E-state index is 10.2. The van der Waals surface area contributed by atoms with Gasteiger partial charge in [-0.3, -0.25) is 4.79 Å². The summed E-state index contributed by atoms with van der Waals surface area (Å²) in [5.74, 6) is 0.817. The Bertz CT molecular complexity index is 240. The van der Waals surface area contributed by atoms with E-state index in [1.54, 1.807) is 6.07 Å². The van der Waals surface area contributed by atoms with Gasteiger partial charge in [0.25, 0.3) is 0 Å². The summed E-state index contributed by atoms with van der Waals surface area (Å²) in [6.45, 7) is 0.730. The molecule has 0 spiro atoms. The lowest BCUT2D eigenvalue weighted by Crippen LogP contribution is -2.09. The molecule has 0 aromatic carbocycles. The molecular formula is C8H11NO2. The number of carbonyl (C=O) groups excluding carboxylic acids is 1. The molecule has 60 valence electrons. The van der Waals surface area contributed by atoms with Gasteiger partial charge >= 0.3 is 0 Å². The van der Waals surface area contributed by atoms with E-state index in [4.69, 9.17) is 4.42 Å². The van der Waals surface area contributed by atoms with Crippen LogP contribution in [0, 0.1) is 0 Å². The molecule has 1 aromatic rings. The third-order valence-electron chi connectivity index (χ3n) is 1.28. The van der Waals surface area contributed by atoms with Crippen molar-refractivity contribution in [2.45, 2.75) is 6.54 Å². The Labute approximate surface area is 65.6 Å². The molecule has 11 heavy (non-hydrogen) atoms. The van der Waals surface area contributed by atoms with Crippen molar-refractivity contribution in [2.24, 2.45) is 0 Å². The minimum Gasteiger partial charge on any atom is -0.467 e. The summed E-state index contributed by atoms with van der Waals surface area (Å²) in [6, 6.07) is 1.74. The summed E-state index contributed by atoms with van der Waals surface area (Å²) in [7, 11) is 3.90. The summed E-state index contributed by atoms with van der Waals surface area (Å²) in [4.78, 5) is 12.2. The SMILES string of the molecule is CN(C)Cc1cc(C=O)co1. The van der Waals surface area contributed by atoms with Crippen LogP contribution in [0.25, 0.3) is 0 Å². The van der Waals surface area contributed by atoms with Crippen LogP contribution < -0.4 is 0 Å². The maximum absolute atomic E-state index is 10.2. The zero-order valence-corrected chi connectivity index (χ0v) is 6.70. The molecule has 0 amide bonds. The number of furan rings is 1. The fraction of sp³-hybridized carbons (Fsp3) is 0.375. The number of rotatable bonds is 3. The average Bonchev–Trinajstić information content (AvgIpc) is 2.34. The molecule has 0 saturated carbocycles. The van der Waals surface area contributed by atoms with Gasteiger partial charge in [-0.25, -0.2) is 0 Å². The summed E-state index contributed by atoms with van der Waals surface area (Å²) >= 11 is 0. The summed E-state index contributed by atoms with van der Waals surface area (Å²) in [6.07, 6.45) is 2.24. The van der Waals surface area contributed by atoms with Crippen LogP contribution >= 0.6 is 0 Å². The van der Waals surface area contributed by atoms with Gasteiger partial charge in [0, 0.05) is 0 Å². The second-order valence-electron chi connectivity index (χ2n) is 2.70. The van der Waals surface area contributed by atoms with Gasteiger partial charge in [0.1, 0.15) is 12.0 Å². The number of hydrogen-bond donors (Lipinski definition) is 0. The van der Waals surface area contributed by atoms with E-state index >= 15 is 0 Å². The van der Waals surface area contributed by atoms with Crippen molar-refractivity contribution in [2.75, 3.05) is 14.1 Å². The minimum absolute atomic E-state index is 0.599. The lowest BCUT2D eigenvalue weighted by Gasteiger charge is -2.04. The zero-order valence-electron chi connectivity index (χ0n) is 6.70. The van der Waals surface area contributed by atoms with Crippen LogP contribution in [-0.4, -0.2) is 25.3 Å². The summed E-state index contributed by atoms with van der Waals surface area (Å²) in [5.41, 5.74) is 0.599. The number of nitrogens with zero attached hydrogens (tertiary/aromatic N) is 1. The van der Waals surface area contributed by atoms with Crippen molar-refractivity contribution < 1.29 is 9.21 Å². The van der Waals surface area contributed by atoms with Crippen molar-refractivity contribution in [3.05, 3.63) is 23.7 Å². The second-order valence-corrected chi connectivity index (χ2v) is 2.70. The highest BCUT2D eigenvalue weighted by molar-refractivity contribution is 5.74. The fourth-order valence-electron chi connectivity index (χ4n) is 0.854. The highest BCUT2D eigenvalue weighted by Crippen LogP contribution is 2.06. The summed E-state index contributed by atoms with van der Waals surface area (Å²) < 4.78 is 5.09. The fourth-order valence-corrected chi connectivity index (χ4v) is 0.854. The maximum Gasteiger partial charge on any atom is 0.153 e. The van der Waals surface area contributed by atoms with Crippen molar-refractivity contribution in [3.8, 4) is 0 Å². The third-order valence-corrected chi connectivity index (χ3v) is 1.28. The van der Waals surface area contributed by atoms with E-state index in [0.717, 1.165) is 18.6 Å². The predicted molar refractivity (Wildman–Crippen MR) is 41.5 cm³/mol. The molecule has 0 aliphatic rings. The highest BCUT2D eigenvalue weighted by Gasteiger charge is 2.00. The first kappa shape index (κ1) is 8.01. The van der Waals surface area contributed by atoms with Crippen molar-refractivity contribution >= 4 is 6.29 Å². The van der Waals surface area contributed by atoms with Crippen LogP contribution in [0.15, 0.2) is 16.7 Å². The predicted octanol–water partition coefficient (Wildman–Crippen LogP) is 1.15. The second kappa shape index (κ2) is 3.34. The van der Waals surface area contributed by atoms with Gasteiger partial charge in [0.15, 0.2) is 6.29 Å². The quantitative estimate of drug-likeness (QED) is 0.611. The average molecular weight is 153 g/mol. The van der Waals surface area contributed by atoms with Crippen LogP contribution in [0.3, 0.4) is 0 Å². The van der Waals surface area contributed by atoms with E-state index in [1.807, 2.05) is 19.0 Å². The molecule has 3 nitrogen and oxygen atoms in total. The van der Waals surface area contributed by atoms with Gasteiger partial charge in [-0.1, -0.05) is 0 Å². The molecule has 0 fully saturated rings. The van der Waals surface area contributed by atoms with Crippen molar-refractivity contribution in [3.63, 3.8) is 0 Å². The Hall–Kier alpha value is -1.09. The van der Waals surface area contributed by atoms with E-state index in [9.17, 15) is 4.79 Å². The van der Waals surface area contributed by atoms with Crippen molar-refractivity contribution in [1.82, 2.24) is 4.90 Å². The van der Waals surface area contributed by atoms with Gasteiger partial charge < -0.3 is 9.32 Å². The Balaban J connectivity index is 2.65. The molecule has 0 atom stereocenters. The lowest BCUT2D eigenvalue weighted by molar-refractivity contribution is 0.112. The summed E-state index contributed by atoms with van der Waals surface area (Å²) in [5, 5.41) is 0. The molecule has 1 heterocycles. The smallest absolute Gasteiger partial charge is 0.153 e. The van der Waals surface area contributed by atoms with Gasteiger partial charge in [0.2, 0.25) is 0 Å². The molecule has 1 rings (SSSR count). The number of hydrogen-bond acceptors (Lipinski definition) is 3. The van der Waals surface area contributed by atoms with Crippen LogP contribution in [0.2, 0.25) is 0 Å². The molecule has 1 aromatic heterocycles. The Morgan fingerprint density at radius 2 is 2.36 bits per heavy atom. The Morgan fingerprint density at radius 3 is 2.82 bits per heavy atom. The standard InChI is InChI=1S/C8H11NO2/c1-9(2)4-8-3-7(5-10)6-11-8/h3,5-6H,4H2,1-2H3. The first-order valence-electron chi connectivity index (χ1n) is 3.39. The van der Waals surface area contributed by atoms with Crippen LogP contribution in [0.1, 0.15) is 16.1 Å². The molecule has 0 unspecified atom stereocenters. The van der Waals surface area contributed by atoms with Crippen LogP contribution in [0.5, 0.6) is 0 Å². The lowest BCUT2D eigenvalue weighted by atomic mass is 10.3. The van der Waals surface area contributed by atoms with Gasteiger partial charge in [0.05, 0.1) is 12.1 Å². The van der Waals surface area contributed by atoms with Crippen LogP contribution in [-0.2, 0) is 6.54 Å². The Morgan fingerprint density at radius 1 is 1.64 bits per heavy atom. The van der Waals surface area contributed by atoms with Gasteiger partial charge in [-0.15, -0.1) is 0 Å². The monoisotopic (exact) mass is 153 g/mol. The van der Waals surface area contributed by atoms with E-state index in [-0.39, 0.29) is 0 Å². The molecule has 0 bridgehead atoms. The Kier molecular flexibility index (Phi) is 2.44. The molecule has 0 saturated heterocycles. The van der Waals surface area contributed by atoms with E-state index < -0.39 is 0 Å². The highest BCUT2D eigenvalue weighted by atomic mass is 16.3. The largest absolute Gasteiger partial charge is 0.467 e. The minimum atomic E-state index is 0.599. The van der Waals surface area contributed by atoms with Gasteiger partial charge in [-0.2, -0.15) is 0 Å². The molecule has 0 N–H and O–H groups in total. The first-order chi connectivity index (χ1) is 5.22. The van der Waals surface area contributed by atoms with Gasteiger partial charge in [-0.05, 0) is 20.2 Å². The van der Waals surface area contributed by atoms with E-state index in [2.05, 4.69) is 0 Å². The van der Waals surface area contributed by atoms with Crippen LogP contribution in [0.4, 0.5) is 0 Å². The molecular weight excluding hydrogens is 142 g/mol. The third kappa shape index (κ3) is 2.20. The molecule has 0 aliphatic heterocycles. The van der Waals surface area contributed by atoms with Crippen molar-refractivity contribution in [1.29, 1.82) is 0 Å². The normalized spacial score (nSPS) is 10.5. The first-order valence-corrected chi connectivity index (χ1v) is 3.39. The van der Waals surface area contributed by atoms with E-state index in [0.29, 0.717) is 5.56 Å².